The number of carbonyl (C=O) groups is 1. The monoisotopic (exact) mass is 343 g/mol. The molecule has 0 fully saturated rings. The van der Waals surface area contributed by atoms with Gasteiger partial charge in [0.05, 0.1) is 11.4 Å². The zero-order chi connectivity index (χ0) is 16.4. The Morgan fingerprint density at radius 1 is 1.21 bits per heavy atom. The maximum atomic E-state index is 11.9. The maximum Gasteiger partial charge on any atom is 0.277 e. The van der Waals surface area contributed by atoms with Crippen molar-refractivity contribution in [3.05, 3.63) is 54.2 Å². The Hall–Kier alpha value is -2.74. The van der Waals surface area contributed by atoms with Gasteiger partial charge in [-0.3, -0.25) is 4.79 Å². The van der Waals surface area contributed by atoms with Crippen molar-refractivity contribution in [2.24, 2.45) is 0 Å². The van der Waals surface area contributed by atoms with Crippen LogP contribution >= 0.6 is 11.8 Å². The van der Waals surface area contributed by atoms with Gasteiger partial charge in [0.2, 0.25) is 6.10 Å². The highest BCUT2D eigenvalue weighted by molar-refractivity contribution is 7.99. The lowest BCUT2D eigenvalue weighted by molar-refractivity contribution is 0.0686. The Labute approximate surface area is 141 Å². The van der Waals surface area contributed by atoms with E-state index in [4.69, 9.17) is 13.9 Å². The van der Waals surface area contributed by atoms with Crippen molar-refractivity contribution in [1.82, 2.24) is 15.2 Å². The highest BCUT2D eigenvalue weighted by Gasteiger charge is 2.27. The minimum atomic E-state index is -0.458. The van der Waals surface area contributed by atoms with Gasteiger partial charge in [0.1, 0.15) is 6.61 Å². The number of benzene rings is 1. The summed E-state index contributed by atoms with van der Waals surface area (Å²) in [6, 6.07) is 10.9. The van der Waals surface area contributed by atoms with Crippen LogP contribution in [0.15, 0.2) is 52.2 Å². The second kappa shape index (κ2) is 6.40. The van der Waals surface area contributed by atoms with Crippen molar-refractivity contribution in [2.75, 3.05) is 12.4 Å². The highest BCUT2D eigenvalue weighted by atomic mass is 32.2. The van der Waals surface area contributed by atoms with Gasteiger partial charge in [-0.25, -0.2) is 0 Å². The number of aromatic nitrogens is 3. The lowest BCUT2D eigenvalue weighted by atomic mass is 10.2. The van der Waals surface area contributed by atoms with Crippen LogP contribution < -0.4 is 9.47 Å². The third-order valence-corrected chi connectivity index (χ3v) is 4.25. The number of para-hydroxylation sites is 2. The second-order valence-electron chi connectivity index (χ2n) is 5.07. The predicted octanol–water partition coefficient (Wildman–Crippen LogP) is 2.89. The number of nitrogens with one attached hydrogen (secondary N) is 1. The van der Waals surface area contributed by atoms with Crippen LogP contribution in [0.2, 0.25) is 0 Å². The summed E-state index contributed by atoms with van der Waals surface area (Å²) in [6.07, 6.45) is 1.25. The number of rotatable bonds is 5. The molecule has 24 heavy (non-hydrogen) atoms. The Balaban J connectivity index is 1.39. The maximum absolute atomic E-state index is 11.9. The fourth-order valence-corrected chi connectivity index (χ4v) is 2.91. The van der Waals surface area contributed by atoms with Gasteiger partial charge < -0.3 is 18.9 Å². The van der Waals surface area contributed by atoms with Crippen LogP contribution in [0.25, 0.3) is 0 Å². The van der Waals surface area contributed by atoms with Crippen molar-refractivity contribution in [2.45, 2.75) is 11.3 Å². The Kier molecular flexibility index (Phi) is 3.96. The molecule has 0 saturated heterocycles. The zero-order valence-electron chi connectivity index (χ0n) is 12.5. The first kappa shape index (κ1) is 14.8. The van der Waals surface area contributed by atoms with Gasteiger partial charge in [-0.15, -0.1) is 10.2 Å². The molecule has 3 heterocycles. The van der Waals surface area contributed by atoms with E-state index in [1.807, 2.05) is 24.3 Å². The molecule has 0 radical (unpaired) electrons. The Bertz CT molecular complexity index is 847. The number of fused-ring (bicyclic) bond motifs is 1. The topological polar surface area (TPSA) is 90.2 Å². The first-order valence-electron chi connectivity index (χ1n) is 7.31. The molecule has 0 spiro atoms. The quantitative estimate of drug-likeness (QED) is 0.562. The van der Waals surface area contributed by atoms with Gasteiger partial charge in [-0.05, 0) is 24.3 Å². The van der Waals surface area contributed by atoms with Crippen LogP contribution in [0.4, 0.5) is 0 Å². The molecule has 0 bridgehead atoms. The molecule has 122 valence electrons. The van der Waals surface area contributed by atoms with Gasteiger partial charge in [0, 0.05) is 6.20 Å². The van der Waals surface area contributed by atoms with Crippen molar-refractivity contribution in [1.29, 1.82) is 0 Å². The third-order valence-electron chi connectivity index (χ3n) is 3.43. The summed E-state index contributed by atoms with van der Waals surface area (Å²) in [4.78, 5) is 14.8. The van der Waals surface area contributed by atoms with Crippen LogP contribution in [-0.4, -0.2) is 33.3 Å². The molecule has 1 atom stereocenters. The van der Waals surface area contributed by atoms with Crippen LogP contribution in [0, 0.1) is 0 Å². The number of hydrogen-bond donors (Lipinski definition) is 1. The van der Waals surface area contributed by atoms with E-state index >= 15 is 0 Å². The SMILES string of the molecule is O=C(CSc1nnc([C@H]2COc3ccccc3O2)o1)c1ccc[nH]1. The summed E-state index contributed by atoms with van der Waals surface area (Å²) in [5, 5.41) is 8.27. The minimum Gasteiger partial charge on any atom is -0.485 e. The second-order valence-corrected chi connectivity index (χ2v) is 5.99. The molecule has 1 aliphatic heterocycles. The standard InChI is InChI=1S/C16H13N3O4S/c20-11(10-4-3-7-17-10)9-24-16-19-18-15(23-16)14-8-21-12-5-1-2-6-13(12)22-14/h1-7,14,17H,8-9H2/t14-/m1/s1. The van der Waals surface area contributed by atoms with Crippen molar-refractivity contribution in [3.8, 4) is 11.5 Å². The molecule has 1 aliphatic rings. The van der Waals surface area contributed by atoms with Gasteiger partial charge in [0.15, 0.2) is 17.3 Å². The van der Waals surface area contributed by atoms with Gasteiger partial charge >= 0.3 is 0 Å². The Morgan fingerprint density at radius 2 is 2.08 bits per heavy atom. The number of ether oxygens (including phenoxy) is 2. The van der Waals surface area contributed by atoms with Crippen LogP contribution in [0.1, 0.15) is 22.5 Å². The molecule has 8 heteroatoms. The number of ketones is 1. The summed E-state index contributed by atoms with van der Waals surface area (Å²) >= 11 is 1.19. The fourth-order valence-electron chi connectivity index (χ4n) is 2.26. The van der Waals surface area contributed by atoms with E-state index < -0.39 is 6.10 Å². The molecular weight excluding hydrogens is 330 g/mol. The van der Waals surface area contributed by atoms with Crippen LogP contribution in [0.5, 0.6) is 11.5 Å². The molecule has 7 nitrogen and oxygen atoms in total. The van der Waals surface area contributed by atoms with Crippen molar-refractivity contribution >= 4 is 17.5 Å². The molecular formula is C16H13N3O4S. The molecule has 4 rings (SSSR count). The van der Waals surface area contributed by atoms with E-state index in [2.05, 4.69) is 15.2 Å². The van der Waals surface area contributed by atoms with E-state index in [-0.39, 0.29) is 11.5 Å². The van der Waals surface area contributed by atoms with Crippen molar-refractivity contribution in [3.63, 3.8) is 0 Å². The first-order chi connectivity index (χ1) is 11.8. The Morgan fingerprint density at radius 3 is 2.92 bits per heavy atom. The van der Waals surface area contributed by atoms with Gasteiger partial charge in [-0.1, -0.05) is 23.9 Å². The normalized spacial score (nSPS) is 16.1. The lowest BCUT2D eigenvalue weighted by Gasteiger charge is -2.23. The number of carbonyl (C=O) groups excluding carboxylic acids is 1. The summed E-state index contributed by atoms with van der Waals surface area (Å²) in [5.41, 5.74) is 0.558. The summed E-state index contributed by atoms with van der Waals surface area (Å²) in [5.74, 6) is 1.85. The molecule has 1 aromatic carbocycles. The molecule has 1 N–H and O–H groups in total. The number of nitrogens with zero attached hydrogens (tertiary/aromatic N) is 2. The van der Waals surface area contributed by atoms with Crippen LogP contribution in [-0.2, 0) is 0 Å². The third kappa shape index (κ3) is 3.00. The lowest BCUT2D eigenvalue weighted by Crippen LogP contribution is -2.21. The number of H-pyrrole nitrogens is 1. The molecule has 0 aliphatic carbocycles. The average Bonchev–Trinajstić information content (AvgIpc) is 3.31. The van der Waals surface area contributed by atoms with E-state index in [0.29, 0.717) is 34.9 Å². The van der Waals surface area contributed by atoms with E-state index in [0.717, 1.165) is 0 Å². The zero-order valence-corrected chi connectivity index (χ0v) is 13.3. The summed E-state index contributed by atoms with van der Waals surface area (Å²) in [7, 11) is 0. The summed E-state index contributed by atoms with van der Waals surface area (Å²) < 4.78 is 17.0. The largest absolute Gasteiger partial charge is 0.485 e. The highest BCUT2D eigenvalue weighted by Crippen LogP contribution is 2.35. The number of thioether (sulfide) groups is 1. The first-order valence-corrected chi connectivity index (χ1v) is 8.29. The van der Waals surface area contributed by atoms with Crippen molar-refractivity contribution < 1.29 is 18.7 Å². The van der Waals surface area contributed by atoms with Gasteiger partial charge in [0.25, 0.3) is 11.1 Å². The number of Topliss-reactive ketones (excluding diaryl/α,β-unsaturated/α-hetero) is 1. The average molecular weight is 343 g/mol. The number of aromatic amines is 1. The van der Waals surface area contributed by atoms with E-state index in [1.54, 1.807) is 18.3 Å². The van der Waals surface area contributed by atoms with E-state index in [9.17, 15) is 4.79 Å². The predicted molar refractivity (Wildman–Crippen MR) is 85.5 cm³/mol. The number of hydrogen-bond acceptors (Lipinski definition) is 7. The van der Waals surface area contributed by atoms with Gasteiger partial charge in [-0.2, -0.15) is 0 Å². The molecule has 0 unspecified atom stereocenters. The molecule has 3 aromatic rings. The fraction of sp³-hybridized carbons (Fsp3) is 0.188. The molecule has 2 aromatic heterocycles. The molecule has 0 saturated carbocycles. The molecule has 0 amide bonds. The minimum absolute atomic E-state index is 0.0315. The van der Waals surface area contributed by atoms with Crippen LogP contribution in [0.3, 0.4) is 0 Å². The smallest absolute Gasteiger partial charge is 0.277 e. The summed E-state index contributed by atoms with van der Waals surface area (Å²) in [6.45, 7) is 0.296. The van der Waals surface area contributed by atoms with E-state index in [1.165, 1.54) is 11.8 Å².